The highest BCUT2D eigenvalue weighted by Gasteiger charge is 2.15. The first-order valence-electron chi connectivity index (χ1n) is 4.71. The predicted molar refractivity (Wildman–Crippen MR) is 50.5 cm³/mol. The molecule has 3 heteroatoms. The average molecular weight is 194 g/mol. The fourth-order valence-electron chi connectivity index (χ4n) is 1.72. The largest absolute Gasteiger partial charge is 0.301 e. The molecule has 0 aromatic carbocycles. The van der Waals surface area contributed by atoms with Crippen molar-refractivity contribution in [3.8, 4) is 0 Å². The number of rotatable bonds is 3. The number of hydrogen-bond donors (Lipinski definition) is 0. The Morgan fingerprint density at radius 3 is 2.83 bits per heavy atom. The van der Waals surface area contributed by atoms with Crippen molar-refractivity contribution in [2.75, 3.05) is 32.2 Å². The summed E-state index contributed by atoms with van der Waals surface area (Å²) in [5, 5.41) is 0. The van der Waals surface area contributed by atoms with Crippen LogP contribution in [0.2, 0.25) is 0 Å². The van der Waals surface area contributed by atoms with Crippen LogP contribution < -0.4 is 0 Å². The van der Waals surface area contributed by atoms with E-state index in [4.69, 9.17) is 11.6 Å². The van der Waals surface area contributed by atoms with E-state index < -0.39 is 0 Å². The van der Waals surface area contributed by atoms with E-state index in [1.54, 1.807) is 0 Å². The van der Waals surface area contributed by atoms with Gasteiger partial charge >= 0.3 is 0 Å². The Labute approximate surface area is 78.9 Å². The number of nitrogens with zero attached hydrogens (tertiary/aromatic N) is 1. The quantitative estimate of drug-likeness (QED) is 0.622. The van der Waals surface area contributed by atoms with Crippen molar-refractivity contribution in [2.24, 2.45) is 5.92 Å². The molecule has 0 saturated carbocycles. The lowest BCUT2D eigenvalue weighted by Crippen LogP contribution is -2.27. The molecule has 0 aromatic heterocycles. The summed E-state index contributed by atoms with van der Waals surface area (Å²) < 4.78 is 12.0. The van der Waals surface area contributed by atoms with E-state index >= 15 is 0 Å². The number of likely N-dealkylation sites (tertiary alicyclic amines) is 1. The van der Waals surface area contributed by atoms with E-state index in [-0.39, 0.29) is 6.67 Å². The van der Waals surface area contributed by atoms with Gasteiger partial charge in [0.05, 0.1) is 0 Å². The summed E-state index contributed by atoms with van der Waals surface area (Å²) in [6.45, 7) is 2.47. The van der Waals surface area contributed by atoms with Crippen LogP contribution >= 0.6 is 11.6 Å². The third kappa shape index (κ3) is 3.28. The lowest BCUT2D eigenvalue weighted by Gasteiger charge is -2.17. The number of alkyl halides is 2. The second kappa shape index (κ2) is 5.76. The van der Waals surface area contributed by atoms with Crippen molar-refractivity contribution < 1.29 is 4.39 Å². The monoisotopic (exact) mass is 193 g/mol. The van der Waals surface area contributed by atoms with Gasteiger partial charge in [0, 0.05) is 12.4 Å². The summed E-state index contributed by atoms with van der Waals surface area (Å²) in [5.74, 6) is 1.43. The second-order valence-corrected chi connectivity index (χ2v) is 3.79. The molecular formula is C9H17ClFN. The molecule has 0 amide bonds. The third-order valence-corrected chi connectivity index (χ3v) is 3.00. The minimum Gasteiger partial charge on any atom is -0.301 e. The molecule has 1 rings (SSSR count). The van der Waals surface area contributed by atoms with Crippen molar-refractivity contribution in [1.29, 1.82) is 0 Å². The van der Waals surface area contributed by atoms with E-state index in [1.807, 2.05) is 0 Å². The van der Waals surface area contributed by atoms with Crippen LogP contribution in [0.1, 0.15) is 19.3 Å². The maximum absolute atomic E-state index is 12.0. The first-order valence-corrected chi connectivity index (χ1v) is 5.24. The van der Waals surface area contributed by atoms with Crippen LogP contribution in [0.3, 0.4) is 0 Å². The zero-order chi connectivity index (χ0) is 8.81. The summed E-state index contributed by atoms with van der Waals surface area (Å²) >= 11 is 5.79. The van der Waals surface area contributed by atoms with Gasteiger partial charge in [-0.15, -0.1) is 11.6 Å². The van der Waals surface area contributed by atoms with Gasteiger partial charge in [0.1, 0.15) is 6.67 Å². The molecule has 0 bridgehead atoms. The Kier molecular flexibility index (Phi) is 4.93. The standard InChI is InChI=1S/C9H17ClFN/c10-8-9-2-1-5-12(6-3-9)7-4-11/h9H,1-8H2. The molecule has 1 aliphatic heterocycles. The molecule has 0 N–H and O–H groups in total. The van der Waals surface area contributed by atoms with Crippen LogP contribution in [0.25, 0.3) is 0 Å². The SMILES string of the molecule is FCCN1CCCC(CCl)CC1. The molecule has 1 saturated heterocycles. The maximum atomic E-state index is 12.0. The topological polar surface area (TPSA) is 3.24 Å². The summed E-state index contributed by atoms with van der Waals surface area (Å²) in [5.41, 5.74) is 0. The zero-order valence-electron chi connectivity index (χ0n) is 7.44. The van der Waals surface area contributed by atoms with Crippen molar-refractivity contribution in [2.45, 2.75) is 19.3 Å². The molecule has 1 unspecified atom stereocenters. The van der Waals surface area contributed by atoms with Crippen LogP contribution in [0.5, 0.6) is 0 Å². The first kappa shape index (κ1) is 10.3. The minimum atomic E-state index is -0.217. The number of halogens is 2. The van der Waals surface area contributed by atoms with Crippen LogP contribution in [0, 0.1) is 5.92 Å². The van der Waals surface area contributed by atoms with Gasteiger partial charge in [0.15, 0.2) is 0 Å². The maximum Gasteiger partial charge on any atom is 0.102 e. The molecule has 0 radical (unpaired) electrons. The minimum absolute atomic E-state index is 0.217. The highest BCUT2D eigenvalue weighted by atomic mass is 35.5. The van der Waals surface area contributed by atoms with E-state index in [0.29, 0.717) is 12.5 Å². The second-order valence-electron chi connectivity index (χ2n) is 3.48. The molecule has 1 atom stereocenters. The zero-order valence-corrected chi connectivity index (χ0v) is 8.19. The van der Waals surface area contributed by atoms with Gasteiger partial charge in [0.25, 0.3) is 0 Å². The Balaban J connectivity index is 2.24. The van der Waals surface area contributed by atoms with Gasteiger partial charge in [-0.25, -0.2) is 4.39 Å². The van der Waals surface area contributed by atoms with Crippen molar-refractivity contribution in [1.82, 2.24) is 4.90 Å². The van der Waals surface area contributed by atoms with Crippen LogP contribution in [0.15, 0.2) is 0 Å². The van der Waals surface area contributed by atoms with Crippen molar-refractivity contribution in [3.63, 3.8) is 0 Å². The molecule has 1 aliphatic rings. The predicted octanol–water partition coefficient (Wildman–Crippen LogP) is 2.30. The third-order valence-electron chi connectivity index (χ3n) is 2.56. The highest BCUT2D eigenvalue weighted by molar-refractivity contribution is 6.18. The van der Waals surface area contributed by atoms with E-state index in [1.165, 1.54) is 12.8 Å². The fraction of sp³-hybridized carbons (Fsp3) is 1.00. The summed E-state index contributed by atoms with van der Waals surface area (Å²) in [6, 6.07) is 0. The summed E-state index contributed by atoms with van der Waals surface area (Å²) in [6.07, 6.45) is 3.53. The summed E-state index contributed by atoms with van der Waals surface area (Å²) in [4.78, 5) is 2.20. The van der Waals surface area contributed by atoms with Crippen LogP contribution in [0.4, 0.5) is 4.39 Å². The molecule has 1 fully saturated rings. The van der Waals surface area contributed by atoms with Gasteiger partial charge in [-0.2, -0.15) is 0 Å². The molecule has 72 valence electrons. The Hall–Kier alpha value is 0.180. The lowest BCUT2D eigenvalue weighted by atomic mass is 10.0. The van der Waals surface area contributed by atoms with E-state index in [0.717, 1.165) is 25.4 Å². The van der Waals surface area contributed by atoms with Gasteiger partial charge in [-0.05, 0) is 38.3 Å². The lowest BCUT2D eigenvalue weighted by molar-refractivity contribution is 0.254. The molecule has 0 spiro atoms. The molecular weight excluding hydrogens is 177 g/mol. The van der Waals surface area contributed by atoms with E-state index in [2.05, 4.69) is 4.90 Å². The Bertz CT molecular complexity index is 121. The molecule has 0 aromatic rings. The van der Waals surface area contributed by atoms with Crippen molar-refractivity contribution >= 4 is 11.6 Å². The Morgan fingerprint density at radius 2 is 2.17 bits per heavy atom. The van der Waals surface area contributed by atoms with Gasteiger partial charge in [0.2, 0.25) is 0 Å². The average Bonchev–Trinajstić information content (AvgIpc) is 2.31. The highest BCUT2D eigenvalue weighted by Crippen LogP contribution is 2.18. The fourth-order valence-corrected chi connectivity index (χ4v) is 2.03. The molecule has 0 aliphatic carbocycles. The molecule has 1 heterocycles. The Morgan fingerprint density at radius 1 is 1.33 bits per heavy atom. The van der Waals surface area contributed by atoms with E-state index in [9.17, 15) is 4.39 Å². The van der Waals surface area contributed by atoms with Crippen molar-refractivity contribution in [3.05, 3.63) is 0 Å². The van der Waals surface area contributed by atoms with Gasteiger partial charge in [-0.3, -0.25) is 0 Å². The smallest absolute Gasteiger partial charge is 0.102 e. The molecule has 1 nitrogen and oxygen atoms in total. The van der Waals surface area contributed by atoms with Crippen LogP contribution in [-0.2, 0) is 0 Å². The summed E-state index contributed by atoms with van der Waals surface area (Å²) in [7, 11) is 0. The molecule has 12 heavy (non-hydrogen) atoms. The first-order chi connectivity index (χ1) is 5.86. The van der Waals surface area contributed by atoms with Gasteiger partial charge < -0.3 is 4.90 Å². The van der Waals surface area contributed by atoms with Crippen LogP contribution in [-0.4, -0.2) is 37.1 Å². The normalized spacial score (nSPS) is 27.0. The van der Waals surface area contributed by atoms with Gasteiger partial charge in [-0.1, -0.05) is 0 Å². The number of hydrogen-bond acceptors (Lipinski definition) is 1.